The van der Waals surface area contributed by atoms with Gasteiger partial charge >= 0.3 is 11.9 Å². The number of carboxylic acids is 2. The van der Waals surface area contributed by atoms with Crippen molar-refractivity contribution >= 4 is 17.6 Å². The monoisotopic (exact) mass is 210 g/mol. The zero-order valence-electron chi connectivity index (χ0n) is 7.68. The van der Waals surface area contributed by atoms with E-state index in [0.29, 0.717) is 0 Å². The molecule has 0 aromatic heterocycles. The second kappa shape index (κ2) is 4.43. The van der Waals surface area contributed by atoms with E-state index in [0.717, 1.165) is 0 Å². The van der Waals surface area contributed by atoms with Gasteiger partial charge in [0, 0.05) is 5.56 Å². The molecule has 5 N–H and O–H groups in total. The number of benzene rings is 1. The van der Waals surface area contributed by atoms with Crippen LogP contribution in [0.25, 0.3) is 0 Å². The maximum Gasteiger partial charge on any atom is 0.322 e. The van der Waals surface area contributed by atoms with Crippen molar-refractivity contribution < 1.29 is 19.8 Å². The molecular weight excluding hydrogens is 200 g/mol. The number of aliphatic carboxylic acids is 2. The highest BCUT2D eigenvalue weighted by Gasteiger charge is 2.29. The van der Waals surface area contributed by atoms with Crippen LogP contribution in [0.4, 0.5) is 5.69 Å². The van der Waals surface area contributed by atoms with Crippen LogP contribution in [0.1, 0.15) is 11.5 Å². The molecule has 0 radical (unpaired) electrons. The Morgan fingerprint density at radius 3 is 2.20 bits per heavy atom. The number of hydrogen-bond acceptors (Lipinski definition) is 4. The molecule has 0 unspecified atom stereocenters. The Kier molecular flexibility index (Phi) is 3.25. The van der Waals surface area contributed by atoms with Crippen molar-refractivity contribution in [2.75, 3.05) is 5.43 Å². The van der Waals surface area contributed by atoms with E-state index in [1.54, 1.807) is 12.1 Å². The normalized spacial score (nSPS) is 10.0. The van der Waals surface area contributed by atoms with Gasteiger partial charge in [-0.15, -0.1) is 0 Å². The third-order valence-corrected chi connectivity index (χ3v) is 1.92. The van der Waals surface area contributed by atoms with Crippen molar-refractivity contribution in [3.63, 3.8) is 0 Å². The Labute approximate surface area is 85.3 Å². The molecule has 0 atom stereocenters. The van der Waals surface area contributed by atoms with Gasteiger partial charge in [0.2, 0.25) is 0 Å². The molecular formula is C9H10N2O4. The maximum atomic E-state index is 10.8. The van der Waals surface area contributed by atoms with Crippen molar-refractivity contribution in [2.45, 2.75) is 5.92 Å². The first-order valence-corrected chi connectivity index (χ1v) is 4.09. The van der Waals surface area contributed by atoms with Crippen molar-refractivity contribution in [1.29, 1.82) is 0 Å². The Hall–Kier alpha value is -2.08. The summed E-state index contributed by atoms with van der Waals surface area (Å²) in [5, 5.41) is 17.5. The molecule has 0 fully saturated rings. The Balaban J connectivity index is 3.22. The smallest absolute Gasteiger partial charge is 0.322 e. The fraction of sp³-hybridized carbons (Fsp3) is 0.111. The van der Waals surface area contributed by atoms with E-state index in [1.807, 2.05) is 0 Å². The van der Waals surface area contributed by atoms with Gasteiger partial charge in [-0.1, -0.05) is 18.2 Å². The second-order valence-corrected chi connectivity index (χ2v) is 2.84. The molecule has 1 aromatic rings. The highest BCUT2D eigenvalue weighted by Crippen LogP contribution is 2.24. The van der Waals surface area contributed by atoms with Crippen LogP contribution in [0.15, 0.2) is 24.3 Å². The standard InChI is InChI=1S/C9H10N2O4/c10-11-6-4-2-1-3-5(6)7(8(12)13)9(14)15/h1-4,7,11H,10H2,(H,12,13)(H,14,15). The third kappa shape index (κ3) is 2.23. The van der Waals surface area contributed by atoms with Crippen molar-refractivity contribution in [1.82, 2.24) is 0 Å². The minimum atomic E-state index is -1.61. The van der Waals surface area contributed by atoms with Gasteiger partial charge in [0.25, 0.3) is 0 Å². The van der Waals surface area contributed by atoms with Crippen molar-refractivity contribution in [3.05, 3.63) is 29.8 Å². The number of nitrogens with two attached hydrogens (primary N) is 1. The summed E-state index contributed by atoms with van der Waals surface area (Å²) in [7, 11) is 0. The van der Waals surface area contributed by atoms with Gasteiger partial charge in [-0.05, 0) is 6.07 Å². The summed E-state index contributed by atoms with van der Waals surface area (Å²) in [5.41, 5.74) is 2.67. The van der Waals surface area contributed by atoms with Crippen LogP contribution < -0.4 is 11.3 Å². The molecule has 0 heterocycles. The fourth-order valence-electron chi connectivity index (χ4n) is 1.25. The topological polar surface area (TPSA) is 113 Å². The number of hydrogen-bond donors (Lipinski definition) is 4. The number of nitrogens with one attached hydrogen (secondary N) is 1. The Morgan fingerprint density at radius 1 is 1.20 bits per heavy atom. The lowest BCUT2D eigenvalue weighted by molar-refractivity contribution is -0.150. The average Bonchev–Trinajstić information content (AvgIpc) is 2.17. The maximum absolute atomic E-state index is 10.8. The minimum Gasteiger partial charge on any atom is -0.480 e. The highest BCUT2D eigenvalue weighted by molar-refractivity contribution is 6.00. The molecule has 0 saturated heterocycles. The third-order valence-electron chi connectivity index (χ3n) is 1.92. The van der Waals surface area contributed by atoms with E-state index in [4.69, 9.17) is 16.1 Å². The molecule has 0 spiro atoms. The van der Waals surface area contributed by atoms with Gasteiger partial charge in [-0.2, -0.15) is 0 Å². The number of rotatable bonds is 4. The number of carboxylic acid groups (broad SMARTS) is 2. The minimum absolute atomic E-state index is 0.125. The van der Waals surface area contributed by atoms with Crippen LogP contribution in [0.2, 0.25) is 0 Å². The zero-order chi connectivity index (χ0) is 11.4. The molecule has 0 saturated carbocycles. The molecule has 80 valence electrons. The summed E-state index contributed by atoms with van der Waals surface area (Å²) >= 11 is 0. The SMILES string of the molecule is NNc1ccccc1C(C(=O)O)C(=O)O. The summed E-state index contributed by atoms with van der Waals surface area (Å²) in [5.74, 6) is 0.688. The lowest BCUT2D eigenvalue weighted by atomic mass is 9.98. The molecule has 1 rings (SSSR count). The van der Waals surface area contributed by atoms with Crippen molar-refractivity contribution in [3.8, 4) is 0 Å². The van der Waals surface area contributed by atoms with E-state index in [2.05, 4.69) is 5.43 Å². The van der Waals surface area contributed by atoms with E-state index in [9.17, 15) is 9.59 Å². The quantitative estimate of drug-likeness (QED) is 0.321. The predicted molar refractivity (Wildman–Crippen MR) is 52.3 cm³/mol. The van der Waals surface area contributed by atoms with Gasteiger partial charge in [-0.25, -0.2) is 0 Å². The van der Waals surface area contributed by atoms with Crippen LogP contribution in [-0.4, -0.2) is 22.2 Å². The molecule has 1 aromatic carbocycles. The summed E-state index contributed by atoms with van der Waals surface area (Å²) in [6.07, 6.45) is 0. The average molecular weight is 210 g/mol. The largest absolute Gasteiger partial charge is 0.480 e. The number of nitrogen functional groups attached to an aromatic ring is 1. The van der Waals surface area contributed by atoms with E-state index >= 15 is 0 Å². The fourth-order valence-corrected chi connectivity index (χ4v) is 1.25. The first-order valence-electron chi connectivity index (χ1n) is 4.09. The number of anilines is 1. The van der Waals surface area contributed by atoms with Gasteiger partial charge < -0.3 is 15.6 Å². The molecule has 0 aliphatic rings. The highest BCUT2D eigenvalue weighted by atomic mass is 16.4. The Morgan fingerprint density at radius 2 is 1.73 bits per heavy atom. The molecule has 0 bridgehead atoms. The van der Waals surface area contributed by atoms with Crippen LogP contribution in [0.3, 0.4) is 0 Å². The first-order chi connectivity index (χ1) is 7.07. The first kappa shape index (κ1) is 11.0. The van der Waals surface area contributed by atoms with Crippen LogP contribution in [0.5, 0.6) is 0 Å². The van der Waals surface area contributed by atoms with Gasteiger partial charge in [-0.3, -0.25) is 15.4 Å². The zero-order valence-corrected chi connectivity index (χ0v) is 7.68. The molecule has 15 heavy (non-hydrogen) atoms. The second-order valence-electron chi connectivity index (χ2n) is 2.84. The molecule has 6 heteroatoms. The van der Waals surface area contributed by atoms with E-state index < -0.39 is 17.9 Å². The Bertz CT molecular complexity index is 377. The predicted octanol–water partition coefficient (Wildman–Crippen LogP) is 0.225. The van der Waals surface area contributed by atoms with Gasteiger partial charge in [0.05, 0.1) is 5.69 Å². The molecule has 0 aliphatic heterocycles. The van der Waals surface area contributed by atoms with Crippen LogP contribution in [-0.2, 0) is 9.59 Å². The summed E-state index contributed by atoms with van der Waals surface area (Å²) in [6, 6.07) is 6.09. The summed E-state index contributed by atoms with van der Waals surface area (Å²) in [6.45, 7) is 0. The van der Waals surface area contributed by atoms with Crippen LogP contribution in [0, 0.1) is 0 Å². The van der Waals surface area contributed by atoms with Gasteiger partial charge in [0.1, 0.15) is 0 Å². The van der Waals surface area contributed by atoms with E-state index in [1.165, 1.54) is 12.1 Å². The van der Waals surface area contributed by atoms with Gasteiger partial charge in [0.15, 0.2) is 5.92 Å². The van der Waals surface area contributed by atoms with E-state index in [-0.39, 0.29) is 11.3 Å². The lowest BCUT2D eigenvalue weighted by Crippen LogP contribution is -2.23. The molecule has 0 amide bonds. The number of para-hydroxylation sites is 1. The molecule has 0 aliphatic carbocycles. The van der Waals surface area contributed by atoms with Crippen molar-refractivity contribution in [2.24, 2.45) is 5.84 Å². The summed E-state index contributed by atoms with van der Waals surface area (Å²) in [4.78, 5) is 21.5. The lowest BCUT2D eigenvalue weighted by Gasteiger charge is -2.12. The summed E-state index contributed by atoms with van der Waals surface area (Å²) < 4.78 is 0. The van der Waals surface area contributed by atoms with Crippen LogP contribution >= 0.6 is 0 Å². The molecule has 6 nitrogen and oxygen atoms in total. The number of hydrazine groups is 1. The number of carbonyl (C=O) groups is 2.